The van der Waals surface area contributed by atoms with Gasteiger partial charge in [-0.2, -0.15) is 0 Å². The lowest BCUT2D eigenvalue weighted by atomic mass is 10.2. The van der Waals surface area contributed by atoms with Crippen molar-refractivity contribution in [1.29, 1.82) is 0 Å². The molecule has 0 saturated carbocycles. The van der Waals surface area contributed by atoms with Crippen LogP contribution in [0, 0.1) is 5.92 Å². The third-order valence-corrected chi connectivity index (χ3v) is 4.71. The first-order valence-corrected chi connectivity index (χ1v) is 10.0. The van der Waals surface area contributed by atoms with Gasteiger partial charge in [-0.1, -0.05) is 13.8 Å². The summed E-state index contributed by atoms with van der Waals surface area (Å²) < 4.78 is 24.5. The Balaban J connectivity index is 0.00000312. The van der Waals surface area contributed by atoms with Gasteiger partial charge in [-0.05, 0) is 36.6 Å². The van der Waals surface area contributed by atoms with Crippen LogP contribution in [0.5, 0.6) is 0 Å². The van der Waals surface area contributed by atoms with E-state index in [1.807, 2.05) is 30.5 Å². The average Bonchev–Trinajstić information content (AvgIpc) is 2.85. The number of amides is 1. The van der Waals surface area contributed by atoms with E-state index in [2.05, 4.69) is 23.7 Å². The number of hydrogen-bond acceptors (Lipinski definition) is 4. The number of carbonyl (C=O) groups is 1. The number of anilines is 1. The van der Waals surface area contributed by atoms with Crippen molar-refractivity contribution in [3.05, 3.63) is 30.5 Å². The highest BCUT2D eigenvalue weighted by Gasteiger charge is 2.16. The van der Waals surface area contributed by atoms with Crippen molar-refractivity contribution in [1.82, 2.24) is 4.57 Å². The minimum Gasteiger partial charge on any atom is -0.347 e. The monoisotopic (exact) mass is 387 g/mol. The van der Waals surface area contributed by atoms with Crippen LogP contribution in [0.15, 0.2) is 30.5 Å². The number of aromatic nitrogens is 1. The summed E-state index contributed by atoms with van der Waals surface area (Å²) in [5.41, 5.74) is 7.53. The molecule has 0 aliphatic carbocycles. The van der Waals surface area contributed by atoms with E-state index < -0.39 is 15.9 Å². The number of nitrogens with zero attached hydrogens (tertiary/aromatic N) is 1. The maximum absolute atomic E-state index is 12.1. The predicted octanol–water partition coefficient (Wildman–Crippen LogP) is 2.42. The molecule has 2 rings (SSSR count). The van der Waals surface area contributed by atoms with Gasteiger partial charge in [-0.25, -0.2) is 8.42 Å². The first kappa shape index (κ1) is 21.5. The van der Waals surface area contributed by atoms with E-state index in [1.165, 1.54) is 0 Å². The first-order valence-electron chi connectivity index (χ1n) is 7.99. The van der Waals surface area contributed by atoms with Gasteiger partial charge < -0.3 is 15.6 Å². The van der Waals surface area contributed by atoms with Crippen LogP contribution < -0.4 is 11.1 Å². The topological polar surface area (TPSA) is 94.2 Å². The van der Waals surface area contributed by atoms with Crippen LogP contribution in [0.2, 0.25) is 0 Å². The molecule has 0 aliphatic rings. The van der Waals surface area contributed by atoms with Gasteiger partial charge in [-0.15, -0.1) is 12.4 Å². The van der Waals surface area contributed by atoms with E-state index >= 15 is 0 Å². The van der Waals surface area contributed by atoms with Crippen molar-refractivity contribution in [2.75, 3.05) is 17.3 Å². The van der Waals surface area contributed by atoms with Crippen molar-refractivity contribution in [3.63, 3.8) is 0 Å². The molecule has 0 saturated heterocycles. The lowest BCUT2D eigenvalue weighted by Gasteiger charge is -2.12. The van der Waals surface area contributed by atoms with E-state index in [4.69, 9.17) is 5.73 Å². The molecule has 1 atom stereocenters. The van der Waals surface area contributed by atoms with Gasteiger partial charge in [0.15, 0.2) is 0 Å². The standard InChI is InChI=1S/C17H25N3O3S.ClH/c1-12(2)11-20-8-6-13-10-14(4-5-16(13)20)19-17(21)15(18)7-9-24(3,22)23;/h4-6,8,10,12,15H,7,9,11,18H2,1-3H3,(H,19,21);1H. The van der Waals surface area contributed by atoms with E-state index in [-0.39, 0.29) is 30.5 Å². The second-order valence-electron chi connectivity index (χ2n) is 6.65. The Morgan fingerprint density at radius 2 is 1.96 bits per heavy atom. The molecule has 0 radical (unpaired) electrons. The predicted molar refractivity (Wildman–Crippen MR) is 105 cm³/mol. The summed E-state index contributed by atoms with van der Waals surface area (Å²) in [6.07, 6.45) is 3.28. The van der Waals surface area contributed by atoms with Gasteiger partial charge in [0, 0.05) is 35.6 Å². The largest absolute Gasteiger partial charge is 0.347 e. The van der Waals surface area contributed by atoms with E-state index in [0.29, 0.717) is 11.6 Å². The van der Waals surface area contributed by atoms with Crippen molar-refractivity contribution < 1.29 is 13.2 Å². The van der Waals surface area contributed by atoms with Gasteiger partial charge in [-0.3, -0.25) is 4.79 Å². The molecule has 0 fully saturated rings. The molecule has 6 nitrogen and oxygen atoms in total. The summed E-state index contributed by atoms with van der Waals surface area (Å²) in [5.74, 6) is 0.0750. The number of hydrogen-bond donors (Lipinski definition) is 2. The van der Waals surface area contributed by atoms with Crippen LogP contribution in [-0.4, -0.2) is 36.9 Å². The van der Waals surface area contributed by atoms with Crippen LogP contribution in [0.3, 0.4) is 0 Å². The number of sulfone groups is 1. The van der Waals surface area contributed by atoms with Crippen LogP contribution in [0.1, 0.15) is 20.3 Å². The van der Waals surface area contributed by atoms with Gasteiger partial charge in [0.2, 0.25) is 5.91 Å². The summed E-state index contributed by atoms with van der Waals surface area (Å²) in [4.78, 5) is 12.1. The molecule has 3 N–H and O–H groups in total. The number of rotatable bonds is 7. The molecule has 1 unspecified atom stereocenters. The highest BCUT2D eigenvalue weighted by atomic mass is 35.5. The fraction of sp³-hybridized carbons (Fsp3) is 0.471. The number of carbonyl (C=O) groups excluding carboxylic acids is 1. The SMILES string of the molecule is CC(C)Cn1ccc2cc(NC(=O)C(N)CCS(C)(=O)=O)ccc21.Cl. The number of fused-ring (bicyclic) bond motifs is 1. The number of nitrogens with two attached hydrogens (primary N) is 1. The van der Waals surface area contributed by atoms with E-state index in [0.717, 1.165) is 23.7 Å². The Labute approximate surface area is 155 Å². The quantitative estimate of drug-likeness (QED) is 0.762. The molecule has 1 aromatic heterocycles. The van der Waals surface area contributed by atoms with Crippen molar-refractivity contribution in [3.8, 4) is 0 Å². The Morgan fingerprint density at radius 1 is 1.28 bits per heavy atom. The average molecular weight is 388 g/mol. The maximum Gasteiger partial charge on any atom is 0.241 e. The second kappa shape index (κ2) is 8.69. The Bertz CT molecular complexity index is 831. The highest BCUT2D eigenvalue weighted by molar-refractivity contribution is 7.90. The van der Waals surface area contributed by atoms with Crippen LogP contribution in [-0.2, 0) is 21.2 Å². The summed E-state index contributed by atoms with van der Waals surface area (Å²) in [6.45, 7) is 5.27. The molecule has 25 heavy (non-hydrogen) atoms. The minimum absolute atomic E-state index is 0. The molecular formula is C17H26ClN3O3S. The normalized spacial score (nSPS) is 12.8. The van der Waals surface area contributed by atoms with Crippen molar-refractivity contribution in [2.24, 2.45) is 11.7 Å². The van der Waals surface area contributed by atoms with E-state index in [1.54, 1.807) is 0 Å². The molecule has 0 aliphatic heterocycles. The van der Waals surface area contributed by atoms with Gasteiger partial charge >= 0.3 is 0 Å². The third-order valence-electron chi connectivity index (χ3n) is 3.74. The van der Waals surface area contributed by atoms with Gasteiger partial charge in [0.25, 0.3) is 0 Å². The van der Waals surface area contributed by atoms with Crippen molar-refractivity contribution >= 4 is 44.7 Å². The van der Waals surface area contributed by atoms with E-state index in [9.17, 15) is 13.2 Å². The zero-order valence-electron chi connectivity index (χ0n) is 14.7. The lowest BCUT2D eigenvalue weighted by molar-refractivity contribution is -0.117. The molecule has 1 heterocycles. The Morgan fingerprint density at radius 3 is 2.56 bits per heavy atom. The summed E-state index contributed by atoms with van der Waals surface area (Å²) >= 11 is 0. The minimum atomic E-state index is -3.12. The summed E-state index contributed by atoms with van der Waals surface area (Å²) in [5, 5.41) is 3.79. The zero-order chi connectivity index (χ0) is 17.9. The Kier molecular flexibility index (Phi) is 7.46. The molecule has 0 spiro atoms. The van der Waals surface area contributed by atoms with Gasteiger partial charge in [0.05, 0.1) is 11.8 Å². The van der Waals surface area contributed by atoms with Crippen molar-refractivity contribution in [2.45, 2.75) is 32.9 Å². The molecule has 1 aromatic carbocycles. The molecule has 8 heteroatoms. The molecular weight excluding hydrogens is 362 g/mol. The number of nitrogens with one attached hydrogen (secondary N) is 1. The number of benzene rings is 1. The summed E-state index contributed by atoms with van der Waals surface area (Å²) in [6, 6.07) is 6.86. The third kappa shape index (κ3) is 6.34. The zero-order valence-corrected chi connectivity index (χ0v) is 16.4. The highest BCUT2D eigenvalue weighted by Crippen LogP contribution is 2.21. The first-order chi connectivity index (χ1) is 11.2. The fourth-order valence-corrected chi connectivity index (χ4v) is 3.22. The fourth-order valence-electron chi connectivity index (χ4n) is 2.54. The molecule has 1 amide bonds. The lowest BCUT2D eigenvalue weighted by Crippen LogP contribution is -2.37. The van der Waals surface area contributed by atoms with Crippen LogP contribution in [0.4, 0.5) is 5.69 Å². The van der Waals surface area contributed by atoms with Crippen LogP contribution >= 0.6 is 12.4 Å². The molecule has 140 valence electrons. The second-order valence-corrected chi connectivity index (χ2v) is 8.91. The molecule has 0 bridgehead atoms. The maximum atomic E-state index is 12.1. The van der Waals surface area contributed by atoms with Crippen LogP contribution in [0.25, 0.3) is 10.9 Å². The summed E-state index contributed by atoms with van der Waals surface area (Å²) in [7, 11) is -3.12. The Hall–Kier alpha value is -1.57. The van der Waals surface area contributed by atoms with Gasteiger partial charge in [0.1, 0.15) is 9.84 Å². The number of halogens is 1. The smallest absolute Gasteiger partial charge is 0.241 e. The molecule has 2 aromatic rings.